The quantitative estimate of drug-likeness (QED) is 0.667. The Labute approximate surface area is 175 Å². The van der Waals surface area contributed by atoms with Gasteiger partial charge in [0.2, 0.25) is 0 Å². The predicted octanol–water partition coefficient (Wildman–Crippen LogP) is 3.72. The Morgan fingerprint density at radius 2 is 1.83 bits per heavy atom. The average molecular weight is 401 g/mol. The molecule has 6 nitrogen and oxygen atoms in total. The van der Waals surface area contributed by atoms with Crippen molar-refractivity contribution in [2.45, 2.75) is 6.42 Å². The lowest BCUT2D eigenvalue weighted by molar-refractivity contribution is 0.355. The van der Waals surface area contributed by atoms with Crippen LogP contribution in [0.4, 0.5) is 5.69 Å². The molecule has 1 aliphatic rings. The van der Waals surface area contributed by atoms with Crippen LogP contribution in [0, 0.1) is 11.3 Å². The Morgan fingerprint density at radius 1 is 1.07 bits per heavy atom. The van der Waals surface area contributed by atoms with Gasteiger partial charge in [-0.05, 0) is 35.8 Å². The molecule has 0 N–H and O–H groups in total. The number of hydrogen-bond donors (Lipinski definition) is 0. The Kier molecular flexibility index (Phi) is 5.20. The molecule has 0 bridgehead atoms. The lowest BCUT2D eigenvalue weighted by Crippen LogP contribution is -2.32. The molecule has 2 aromatic carbocycles. The van der Waals surface area contributed by atoms with Gasteiger partial charge in [0.1, 0.15) is 11.6 Å². The van der Waals surface area contributed by atoms with Gasteiger partial charge in [0.05, 0.1) is 25.4 Å². The summed E-state index contributed by atoms with van der Waals surface area (Å²) < 4.78 is 12.3. The third-order valence-electron chi connectivity index (χ3n) is 5.67. The van der Waals surface area contributed by atoms with Crippen LogP contribution in [0.2, 0.25) is 0 Å². The molecule has 152 valence electrons. The predicted molar refractivity (Wildman–Crippen MR) is 118 cm³/mol. The lowest BCUT2D eigenvalue weighted by Gasteiger charge is -2.30. The summed E-state index contributed by atoms with van der Waals surface area (Å²) in [6, 6.07) is 15.8. The number of ether oxygens (including phenoxy) is 2. The van der Waals surface area contributed by atoms with Crippen LogP contribution >= 0.6 is 0 Å². The number of rotatable bonds is 4. The number of nitriles is 1. The second-order valence-corrected chi connectivity index (χ2v) is 7.21. The van der Waals surface area contributed by atoms with Gasteiger partial charge in [-0.25, -0.2) is 0 Å². The zero-order valence-electron chi connectivity index (χ0n) is 17.3. The zero-order valence-corrected chi connectivity index (χ0v) is 17.3. The largest absolute Gasteiger partial charge is 0.493 e. The van der Waals surface area contributed by atoms with Gasteiger partial charge in [0, 0.05) is 25.5 Å². The van der Waals surface area contributed by atoms with E-state index in [2.05, 4.69) is 17.0 Å². The van der Waals surface area contributed by atoms with Gasteiger partial charge >= 0.3 is 0 Å². The number of hydrogen-bond acceptors (Lipinski definition) is 5. The van der Waals surface area contributed by atoms with Crippen LogP contribution in [0.25, 0.3) is 16.5 Å². The minimum absolute atomic E-state index is 0.194. The number of methoxy groups -OCH3 is 2. The summed E-state index contributed by atoms with van der Waals surface area (Å²) in [5.41, 5.74) is 3.77. The fourth-order valence-electron chi connectivity index (χ4n) is 4.08. The number of benzene rings is 2. The topological polar surface area (TPSA) is 67.5 Å². The minimum atomic E-state index is -0.263. The van der Waals surface area contributed by atoms with Crippen molar-refractivity contribution in [1.29, 1.82) is 5.26 Å². The summed E-state index contributed by atoms with van der Waals surface area (Å²) in [6.07, 6.45) is 2.95. The van der Waals surface area contributed by atoms with Gasteiger partial charge in [0.25, 0.3) is 5.56 Å². The molecule has 0 saturated heterocycles. The third-order valence-corrected chi connectivity index (χ3v) is 5.67. The van der Waals surface area contributed by atoms with E-state index in [0.29, 0.717) is 24.6 Å². The molecule has 0 saturated carbocycles. The fourth-order valence-corrected chi connectivity index (χ4v) is 4.08. The smallest absolute Gasteiger partial charge is 0.270 e. The van der Waals surface area contributed by atoms with E-state index in [1.807, 2.05) is 42.5 Å². The number of para-hydroxylation sites is 1. The first-order valence-corrected chi connectivity index (χ1v) is 9.77. The van der Waals surface area contributed by atoms with Crippen molar-refractivity contribution in [2.24, 2.45) is 7.05 Å². The highest BCUT2D eigenvalue weighted by molar-refractivity contribution is 5.95. The molecule has 2 heterocycles. The van der Waals surface area contributed by atoms with Crippen LogP contribution in [0.1, 0.15) is 17.5 Å². The number of aryl methyl sites for hydroxylation is 1. The molecule has 1 aromatic heterocycles. The molecule has 1 aliphatic heterocycles. The molecule has 0 fully saturated rings. The Hall–Kier alpha value is -3.72. The molecule has 0 radical (unpaired) electrons. The number of pyridine rings is 1. The van der Waals surface area contributed by atoms with E-state index >= 15 is 0 Å². The van der Waals surface area contributed by atoms with Gasteiger partial charge in [-0.3, -0.25) is 4.79 Å². The molecule has 30 heavy (non-hydrogen) atoms. The van der Waals surface area contributed by atoms with E-state index in [1.54, 1.807) is 25.8 Å². The second-order valence-electron chi connectivity index (χ2n) is 7.21. The second kappa shape index (κ2) is 7.96. The Balaban J connectivity index is 1.74. The van der Waals surface area contributed by atoms with Crippen LogP contribution in [0.3, 0.4) is 0 Å². The highest BCUT2D eigenvalue weighted by Crippen LogP contribution is 2.35. The minimum Gasteiger partial charge on any atom is -0.493 e. The standard InChI is InChI=1S/C24H23N3O3/c1-26-20-7-5-4-6-18(20)23(19(15-25)24(26)28)27-12-10-16(11-13-27)17-8-9-21(29-2)22(14-17)30-3/h4-10,14H,11-13H2,1-3H3. The van der Waals surface area contributed by atoms with Gasteiger partial charge in [0.15, 0.2) is 11.5 Å². The summed E-state index contributed by atoms with van der Waals surface area (Å²) in [7, 11) is 4.96. The van der Waals surface area contributed by atoms with E-state index in [9.17, 15) is 10.1 Å². The van der Waals surface area contributed by atoms with Crippen molar-refractivity contribution in [3.63, 3.8) is 0 Å². The number of nitrogens with zero attached hydrogens (tertiary/aromatic N) is 3. The molecule has 0 spiro atoms. The van der Waals surface area contributed by atoms with Crippen molar-refractivity contribution in [3.8, 4) is 17.6 Å². The average Bonchev–Trinajstić information content (AvgIpc) is 2.81. The maximum absolute atomic E-state index is 12.8. The van der Waals surface area contributed by atoms with Crippen LogP contribution in [-0.4, -0.2) is 31.9 Å². The zero-order chi connectivity index (χ0) is 21.3. The maximum atomic E-state index is 12.8. The SMILES string of the molecule is COc1ccc(C2=CCN(c3c(C#N)c(=O)n(C)c4ccccc34)CC2)cc1OC. The molecule has 3 aromatic rings. The number of fused-ring (bicyclic) bond motifs is 1. The monoisotopic (exact) mass is 401 g/mol. The van der Waals surface area contributed by atoms with Crippen LogP contribution in [-0.2, 0) is 7.05 Å². The molecule has 0 aliphatic carbocycles. The summed E-state index contributed by atoms with van der Waals surface area (Å²) in [5, 5.41) is 10.6. The maximum Gasteiger partial charge on any atom is 0.270 e. The molecule has 0 atom stereocenters. The molecular weight excluding hydrogens is 378 g/mol. The first-order valence-electron chi connectivity index (χ1n) is 9.77. The van der Waals surface area contributed by atoms with Crippen molar-refractivity contribution >= 4 is 22.2 Å². The van der Waals surface area contributed by atoms with Crippen molar-refractivity contribution < 1.29 is 9.47 Å². The van der Waals surface area contributed by atoms with Crippen LogP contribution in [0.5, 0.6) is 11.5 Å². The normalized spacial score (nSPS) is 13.7. The van der Waals surface area contributed by atoms with E-state index < -0.39 is 0 Å². The first-order chi connectivity index (χ1) is 14.6. The summed E-state index contributed by atoms with van der Waals surface area (Å²) in [6.45, 7) is 1.33. The molecule has 0 unspecified atom stereocenters. The summed E-state index contributed by atoms with van der Waals surface area (Å²) in [5.74, 6) is 1.40. The van der Waals surface area contributed by atoms with Gasteiger partial charge < -0.3 is 18.9 Å². The number of aromatic nitrogens is 1. The number of anilines is 1. The first kappa shape index (κ1) is 19.6. The Bertz CT molecular complexity index is 1250. The van der Waals surface area contributed by atoms with Gasteiger partial charge in [-0.15, -0.1) is 0 Å². The molecule has 0 amide bonds. The van der Waals surface area contributed by atoms with E-state index in [1.165, 1.54) is 5.57 Å². The van der Waals surface area contributed by atoms with Crippen molar-refractivity contribution in [2.75, 3.05) is 32.2 Å². The van der Waals surface area contributed by atoms with E-state index in [0.717, 1.165) is 28.6 Å². The summed E-state index contributed by atoms with van der Waals surface area (Å²) in [4.78, 5) is 14.9. The van der Waals surface area contributed by atoms with Crippen molar-refractivity contribution in [1.82, 2.24) is 4.57 Å². The van der Waals surface area contributed by atoms with Crippen LogP contribution < -0.4 is 19.9 Å². The lowest BCUT2D eigenvalue weighted by atomic mass is 9.97. The summed E-state index contributed by atoms with van der Waals surface area (Å²) >= 11 is 0. The van der Waals surface area contributed by atoms with Crippen LogP contribution in [0.15, 0.2) is 53.3 Å². The van der Waals surface area contributed by atoms with E-state index in [-0.39, 0.29) is 11.1 Å². The van der Waals surface area contributed by atoms with Gasteiger partial charge in [-0.1, -0.05) is 30.3 Å². The highest BCUT2D eigenvalue weighted by Gasteiger charge is 2.22. The van der Waals surface area contributed by atoms with E-state index in [4.69, 9.17) is 9.47 Å². The Morgan fingerprint density at radius 3 is 2.50 bits per heavy atom. The molecular formula is C24H23N3O3. The molecule has 6 heteroatoms. The third kappa shape index (κ3) is 3.18. The molecule has 4 rings (SSSR count). The fraction of sp³-hybridized carbons (Fsp3) is 0.250. The highest BCUT2D eigenvalue weighted by atomic mass is 16.5. The van der Waals surface area contributed by atoms with Gasteiger partial charge in [-0.2, -0.15) is 5.26 Å². The van der Waals surface area contributed by atoms with Crippen molar-refractivity contribution in [3.05, 3.63) is 70.0 Å².